The lowest BCUT2D eigenvalue weighted by Gasteiger charge is -2.43. The van der Waals surface area contributed by atoms with Crippen LogP contribution in [0, 0.1) is 0 Å². The van der Waals surface area contributed by atoms with Crippen LogP contribution >= 0.6 is 0 Å². The summed E-state index contributed by atoms with van der Waals surface area (Å²) in [5, 5.41) is 28.0. The number of aliphatic hydroxyl groups excluding tert-OH is 3. The molecule has 2 heterocycles. The van der Waals surface area contributed by atoms with Crippen LogP contribution in [-0.4, -0.2) is 59.1 Å². The standard InChI is InChI=1S/C10H18O5/c11-2-1-8-7(13)4-9-10(15-8)3-6(12)5-14-9/h6-13H,1-5H2/t6-,7-,8-,9+,10+/m1/s1. The van der Waals surface area contributed by atoms with E-state index in [2.05, 4.69) is 0 Å². The molecule has 0 aromatic heterocycles. The molecule has 15 heavy (non-hydrogen) atoms. The molecule has 0 aromatic carbocycles. The molecule has 2 fully saturated rings. The van der Waals surface area contributed by atoms with Gasteiger partial charge in [0.1, 0.15) is 0 Å². The number of ether oxygens (including phenoxy) is 2. The van der Waals surface area contributed by atoms with Gasteiger partial charge in [0.2, 0.25) is 0 Å². The summed E-state index contributed by atoms with van der Waals surface area (Å²) in [6.45, 7) is 0.324. The normalized spacial score (nSPS) is 46.2. The fourth-order valence-electron chi connectivity index (χ4n) is 2.29. The summed E-state index contributed by atoms with van der Waals surface area (Å²) in [5.74, 6) is 0. The van der Waals surface area contributed by atoms with E-state index in [-0.39, 0.29) is 24.9 Å². The molecule has 5 atom stereocenters. The van der Waals surface area contributed by atoms with Gasteiger partial charge in [-0.1, -0.05) is 0 Å². The number of rotatable bonds is 2. The van der Waals surface area contributed by atoms with Crippen molar-refractivity contribution in [1.82, 2.24) is 0 Å². The van der Waals surface area contributed by atoms with Crippen LogP contribution in [0.1, 0.15) is 19.3 Å². The quantitative estimate of drug-likeness (QED) is 0.556. The first kappa shape index (κ1) is 11.3. The van der Waals surface area contributed by atoms with Gasteiger partial charge in [-0.25, -0.2) is 0 Å². The van der Waals surface area contributed by atoms with Crippen LogP contribution in [0.2, 0.25) is 0 Å². The molecule has 2 aliphatic heterocycles. The van der Waals surface area contributed by atoms with Gasteiger partial charge >= 0.3 is 0 Å². The highest BCUT2D eigenvalue weighted by Gasteiger charge is 2.40. The molecule has 3 N–H and O–H groups in total. The smallest absolute Gasteiger partial charge is 0.0868 e. The van der Waals surface area contributed by atoms with E-state index in [1.165, 1.54) is 0 Å². The van der Waals surface area contributed by atoms with Crippen molar-refractivity contribution in [3.63, 3.8) is 0 Å². The molecule has 2 rings (SSSR count). The Hall–Kier alpha value is -0.200. The van der Waals surface area contributed by atoms with Gasteiger partial charge in [0.15, 0.2) is 0 Å². The predicted molar refractivity (Wildman–Crippen MR) is 51.4 cm³/mol. The summed E-state index contributed by atoms with van der Waals surface area (Å²) in [6.07, 6.45) is -0.121. The molecule has 0 radical (unpaired) electrons. The molecule has 2 saturated heterocycles. The van der Waals surface area contributed by atoms with Crippen LogP contribution in [0.3, 0.4) is 0 Å². The van der Waals surface area contributed by atoms with Crippen molar-refractivity contribution < 1.29 is 24.8 Å². The minimum absolute atomic E-state index is 0.00250. The summed E-state index contributed by atoms with van der Waals surface area (Å²) in [4.78, 5) is 0. The SMILES string of the molecule is OCC[C@H]1O[C@H]2C[C@@H](O)CO[C@H]2C[C@H]1O. The molecular formula is C10H18O5. The molecule has 0 spiro atoms. The molecule has 2 aliphatic rings. The van der Waals surface area contributed by atoms with Crippen molar-refractivity contribution in [3.05, 3.63) is 0 Å². The minimum Gasteiger partial charge on any atom is -0.396 e. The van der Waals surface area contributed by atoms with Gasteiger partial charge in [0, 0.05) is 19.4 Å². The maximum Gasteiger partial charge on any atom is 0.0868 e. The molecule has 5 heteroatoms. The number of aliphatic hydroxyl groups is 3. The van der Waals surface area contributed by atoms with Crippen molar-refractivity contribution in [2.45, 2.75) is 49.8 Å². The summed E-state index contributed by atoms with van der Waals surface area (Å²) in [7, 11) is 0. The lowest BCUT2D eigenvalue weighted by atomic mass is 9.92. The van der Waals surface area contributed by atoms with E-state index in [0.717, 1.165) is 0 Å². The highest BCUT2D eigenvalue weighted by molar-refractivity contribution is 4.89. The van der Waals surface area contributed by atoms with Gasteiger partial charge in [-0.3, -0.25) is 0 Å². The fourth-order valence-corrected chi connectivity index (χ4v) is 2.29. The topological polar surface area (TPSA) is 79.2 Å². The third-order valence-electron chi connectivity index (χ3n) is 3.09. The minimum atomic E-state index is -0.575. The van der Waals surface area contributed by atoms with E-state index < -0.39 is 12.2 Å². The Labute approximate surface area is 88.6 Å². The second-order valence-electron chi connectivity index (χ2n) is 4.29. The van der Waals surface area contributed by atoms with Crippen LogP contribution in [0.25, 0.3) is 0 Å². The lowest BCUT2D eigenvalue weighted by Crippen LogP contribution is -2.53. The van der Waals surface area contributed by atoms with E-state index in [1.807, 2.05) is 0 Å². The van der Waals surface area contributed by atoms with Crippen LogP contribution in [-0.2, 0) is 9.47 Å². The zero-order valence-corrected chi connectivity index (χ0v) is 8.58. The van der Waals surface area contributed by atoms with E-state index in [9.17, 15) is 10.2 Å². The summed E-state index contributed by atoms with van der Waals surface area (Å²) in [6, 6.07) is 0. The summed E-state index contributed by atoms with van der Waals surface area (Å²) < 4.78 is 11.0. The van der Waals surface area contributed by atoms with Gasteiger partial charge in [-0.05, 0) is 6.42 Å². The average Bonchev–Trinajstić information content (AvgIpc) is 2.20. The van der Waals surface area contributed by atoms with E-state index in [4.69, 9.17) is 14.6 Å². The molecule has 5 nitrogen and oxygen atoms in total. The first-order valence-electron chi connectivity index (χ1n) is 5.44. The van der Waals surface area contributed by atoms with E-state index >= 15 is 0 Å². The lowest BCUT2D eigenvalue weighted by molar-refractivity contribution is -0.222. The Morgan fingerprint density at radius 2 is 1.93 bits per heavy atom. The summed E-state index contributed by atoms with van der Waals surface area (Å²) >= 11 is 0. The van der Waals surface area contributed by atoms with Crippen molar-refractivity contribution in [2.75, 3.05) is 13.2 Å². The molecule has 0 saturated carbocycles. The van der Waals surface area contributed by atoms with Gasteiger partial charge in [0.25, 0.3) is 0 Å². The maximum absolute atomic E-state index is 9.73. The zero-order valence-electron chi connectivity index (χ0n) is 8.58. The van der Waals surface area contributed by atoms with Gasteiger partial charge in [-0.15, -0.1) is 0 Å². The van der Waals surface area contributed by atoms with Gasteiger partial charge < -0.3 is 24.8 Å². The van der Waals surface area contributed by atoms with Crippen LogP contribution in [0.4, 0.5) is 0 Å². The summed E-state index contributed by atoms with van der Waals surface area (Å²) in [5.41, 5.74) is 0. The van der Waals surface area contributed by atoms with Crippen molar-refractivity contribution in [2.24, 2.45) is 0 Å². The largest absolute Gasteiger partial charge is 0.396 e. The first-order valence-corrected chi connectivity index (χ1v) is 5.44. The Kier molecular flexibility index (Phi) is 3.58. The average molecular weight is 218 g/mol. The number of hydrogen-bond acceptors (Lipinski definition) is 5. The molecule has 88 valence electrons. The Bertz CT molecular complexity index is 210. The highest BCUT2D eigenvalue weighted by Crippen LogP contribution is 2.30. The van der Waals surface area contributed by atoms with Crippen LogP contribution < -0.4 is 0 Å². The molecule has 0 aromatic rings. The van der Waals surface area contributed by atoms with Crippen LogP contribution in [0.15, 0.2) is 0 Å². The second-order valence-corrected chi connectivity index (χ2v) is 4.29. The molecule has 0 amide bonds. The van der Waals surface area contributed by atoms with Gasteiger partial charge in [-0.2, -0.15) is 0 Å². The molecular weight excluding hydrogens is 200 g/mol. The van der Waals surface area contributed by atoms with Crippen molar-refractivity contribution >= 4 is 0 Å². The second kappa shape index (κ2) is 4.76. The van der Waals surface area contributed by atoms with Gasteiger partial charge in [0.05, 0.1) is 37.1 Å². The highest BCUT2D eigenvalue weighted by atomic mass is 16.6. The predicted octanol–water partition coefficient (Wildman–Crippen LogP) is -0.963. The first-order chi connectivity index (χ1) is 7.20. The third kappa shape index (κ3) is 2.49. The zero-order chi connectivity index (χ0) is 10.8. The Morgan fingerprint density at radius 3 is 2.67 bits per heavy atom. The third-order valence-corrected chi connectivity index (χ3v) is 3.09. The Morgan fingerprint density at radius 1 is 1.13 bits per heavy atom. The van der Waals surface area contributed by atoms with E-state index in [0.29, 0.717) is 25.9 Å². The van der Waals surface area contributed by atoms with Crippen molar-refractivity contribution in [3.8, 4) is 0 Å². The molecule has 0 bridgehead atoms. The number of fused-ring (bicyclic) bond motifs is 1. The molecule has 0 unspecified atom stereocenters. The molecule has 0 aliphatic carbocycles. The van der Waals surface area contributed by atoms with Crippen LogP contribution in [0.5, 0.6) is 0 Å². The Balaban J connectivity index is 1.94. The van der Waals surface area contributed by atoms with E-state index in [1.54, 1.807) is 0 Å². The number of hydrogen-bond donors (Lipinski definition) is 3. The monoisotopic (exact) mass is 218 g/mol. The maximum atomic E-state index is 9.73. The fraction of sp³-hybridized carbons (Fsp3) is 1.00. The van der Waals surface area contributed by atoms with Crippen molar-refractivity contribution in [1.29, 1.82) is 0 Å².